The zero-order valence-corrected chi connectivity index (χ0v) is 18.0. The minimum absolute atomic E-state index is 0.0869. The number of nitrogens with one attached hydrogen (secondary N) is 1. The van der Waals surface area contributed by atoms with Crippen molar-refractivity contribution in [2.24, 2.45) is 0 Å². The molecular formula is C14H16N4O6S4. The smallest absolute Gasteiger partial charge is 0.352 e. The summed E-state index contributed by atoms with van der Waals surface area (Å²) < 4.78 is 23.1. The van der Waals surface area contributed by atoms with E-state index in [2.05, 4.69) is 15.5 Å². The number of carboxylic acid groups (broad SMARTS) is 1. The number of thioether (sulfide) groups is 2. The highest BCUT2D eigenvalue weighted by atomic mass is 32.2. The molecule has 1 unspecified atom stereocenters. The monoisotopic (exact) mass is 464 g/mol. The lowest BCUT2D eigenvalue weighted by Crippen LogP contribution is -2.70. The van der Waals surface area contributed by atoms with Crippen molar-refractivity contribution in [2.75, 3.05) is 23.5 Å². The first kappa shape index (κ1) is 21.1. The number of amides is 2. The van der Waals surface area contributed by atoms with E-state index in [1.165, 1.54) is 34.9 Å². The molecule has 3 heterocycles. The third-order valence-corrected chi connectivity index (χ3v) is 8.02. The summed E-state index contributed by atoms with van der Waals surface area (Å²) in [5, 5.41) is 20.1. The lowest BCUT2D eigenvalue weighted by Gasteiger charge is -2.49. The van der Waals surface area contributed by atoms with Crippen molar-refractivity contribution < 1.29 is 27.9 Å². The minimum atomic E-state index is -3.52. The van der Waals surface area contributed by atoms with Gasteiger partial charge in [0.2, 0.25) is 5.91 Å². The van der Waals surface area contributed by atoms with Gasteiger partial charge in [0.1, 0.15) is 27.9 Å². The van der Waals surface area contributed by atoms with Crippen LogP contribution in [0.3, 0.4) is 0 Å². The Morgan fingerprint density at radius 1 is 1.39 bits per heavy atom. The Bertz CT molecular complexity index is 972. The summed E-state index contributed by atoms with van der Waals surface area (Å²) in [5.41, 5.74) is 0.497. The highest BCUT2D eigenvalue weighted by Crippen LogP contribution is 2.41. The molecule has 3 rings (SSSR count). The van der Waals surface area contributed by atoms with Crippen molar-refractivity contribution in [2.45, 2.75) is 22.7 Å². The van der Waals surface area contributed by atoms with Crippen LogP contribution in [0.15, 0.2) is 15.6 Å². The first-order valence-corrected chi connectivity index (χ1v) is 12.8. The van der Waals surface area contributed by atoms with Crippen LogP contribution in [0.2, 0.25) is 0 Å². The van der Waals surface area contributed by atoms with Crippen LogP contribution in [-0.2, 0) is 24.2 Å². The summed E-state index contributed by atoms with van der Waals surface area (Å²) in [6.07, 6.45) is 0.922. The quantitative estimate of drug-likeness (QED) is 0.408. The number of carbonyl (C=O) groups is 3. The first-order valence-electron chi connectivity index (χ1n) is 7.87. The Hall–Kier alpha value is -1.64. The number of β-lactam (4-membered cyclic amide) rings is 1. The number of carboxylic acids is 1. The van der Waals surface area contributed by atoms with Gasteiger partial charge in [-0.2, -0.15) is 0 Å². The second kappa shape index (κ2) is 8.00. The second-order valence-electron chi connectivity index (χ2n) is 6.16. The molecule has 0 aromatic carbocycles. The van der Waals surface area contributed by atoms with Gasteiger partial charge in [0.05, 0.1) is 0 Å². The maximum absolute atomic E-state index is 12.5. The fourth-order valence-corrected chi connectivity index (χ4v) is 6.59. The Balaban J connectivity index is 1.72. The van der Waals surface area contributed by atoms with E-state index < -0.39 is 44.8 Å². The number of hydrogen-bond donors (Lipinski definition) is 2. The number of aryl methyl sites for hydroxylation is 1. The van der Waals surface area contributed by atoms with Gasteiger partial charge in [-0.15, -0.1) is 22.0 Å². The normalized spacial score (nSPS) is 21.9. The van der Waals surface area contributed by atoms with Gasteiger partial charge < -0.3 is 10.4 Å². The maximum Gasteiger partial charge on any atom is 0.352 e. The van der Waals surface area contributed by atoms with Gasteiger partial charge in [-0.05, 0) is 12.5 Å². The molecule has 0 spiro atoms. The van der Waals surface area contributed by atoms with Crippen molar-refractivity contribution in [3.05, 3.63) is 16.3 Å². The lowest BCUT2D eigenvalue weighted by atomic mass is 10.0. The fourth-order valence-electron chi connectivity index (χ4n) is 2.73. The SMILES string of the molecule is Cc1nnc(SCC2=C(C(=O)O)N3C(=O)C(NC(=O)CS(C)(=O)=O)[C@H]3SC2)s1. The number of aliphatic carboxylic acids is 1. The summed E-state index contributed by atoms with van der Waals surface area (Å²) in [5.74, 6) is -2.56. The molecule has 1 aromatic heterocycles. The zero-order valence-electron chi connectivity index (χ0n) is 14.7. The molecule has 2 aliphatic heterocycles. The van der Waals surface area contributed by atoms with Gasteiger partial charge >= 0.3 is 5.97 Å². The molecule has 14 heteroatoms. The lowest BCUT2D eigenvalue weighted by molar-refractivity contribution is -0.150. The van der Waals surface area contributed by atoms with E-state index in [1.54, 1.807) is 0 Å². The van der Waals surface area contributed by atoms with Crippen LogP contribution in [0, 0.1) is 6.92 Å². The number of rotatable bonds is 7. The van der Waals surface area contributed by atoms with Gasteiger partial charge in [-0.25, -0.2) is 13.2 Å². The van der Waals surface area contributed by atoms with Gasteiger partial charge in [0, 0.05) is 17.8 Å². The minimum Gasteiger partial charge on any atom is -0.477 e. The van der Waals surface area contributed by atoms with Crippen LogP contribution in [-0.4, -0.2) is 81.3 Å². The molecule has 28 heavy (non-hydrogen) atoms. The summed E-state index contributed by atoms with van der Waals surface area (Å²) in [7, 11) is -3.52. The number of fused-ring (bicyclic) bond motifs is 1. The molecule has 1 saturated heterocycles. The molecule has 0 radical (unpaired) electrons. The van der Waals surface area contributed by atoms with Crippen molar-refractivity contribution in [3.8, 4) is 0 Å². The van der Waals surface area contributed by atoms with Crippen molar-refractivity contribution >= 4 is 62.5 Å². The van der Waals surface area contributed by atoms with E-state index in [0.717, 1.165) is 16.2 Å². The molecule has 2 amide bonds. The van der Waals surface area contributed by atoms with E-state index in [4.69, 9.17) is 0 Å². The van der Waals surface area contributed by atoms with Crippen LogP contribution in [0.25, 0.3) is 0 Å². The number of sulfone groups is 1. The molecule has 2 N–H and O–H groups in total. The molecule has 1 fully saturated rings. The van der Waals surface area contributed by atoms with Gasteiger partial charge in [0.15, 0.2) is 14.2 Å². The van der Waals surface area contributed by atoms with E-state index in [1.807, 2.05) is 6.92 Å². The van der Waals surface area contributed by atoms with Crippen LogP contribution in [0.1, 0.15) is 5.01 Å². The Morgan fingerprint density at radius 3 is 2.68 bits per heavy atom. The molecule has 0 saturated carbocycles. The van der Waals surface area contributed by atoms with Crippen molar-refractivity contribution in [3.63, 3.8) is 0 Å². The topological polar surface area (TPSA) is 147 Å². The van der Waals surface area contributed by atoms with Crippen LogP contribution in [0.4, 0.5) is 0 Å². The van der Waals surface area contributed by atoms with Crippen LogP contribution < -0.4 is 5.32 Å². The van der Waals surface area contributed by atoms with Crippen LogP contribution >= 0.6 is 34.9 Å². The third kappa shape index (κ3) is 4.50. The number of aromatic nitrogens is 2. The average Bonchev–Trinajstić information content (AvgIpc) is 3.00. The number of hydrogen-bond acceptors (Lipinski definition) is 10. The third-order valence-electron chi connectivity index (χ3n) is 3.84. The average molecular weight is 465 g/mol. The molecule has 1 aromatic rings. The molecular weight excluding hydrogens is 448 g/mol. The molecule has 2 aliphatic rings. The fraction of sp³-hybridized carbons (Fsp3) is 0.500. The van der Waals surface area contributed by atoms with Gasteiger partial charge in [-0.3, -0.25) is 14.5 Å². The van der Waals surface area contributed by atoms with Gasteiger partial charge in [-0.1, -0.05) is 23.1 Å². The summed E-state index contributed by atoms with van der Waals surface area (Å²) in [6.45, 7) is 1.82. The zero-order chi connectivity index (χ0) is 20.6. The highest BCUT2D eigenvalue weighted by molar-refractivity contribution is 8.01. The Morgan fingerprint density at radius 2 is 2.11 bits per heavy atom. The van der Waals surface area contributed by atoms with E-state index in [0.29, 0.717) is 21.4 Å². The molecule has 0 aliphatic carbocycles. The number of carbonyl (C=O) groups excluding carboxylic acids is 2. The largest absolute Gasteiger partial charge is 0.477 e. The molecule has 10 nitrogen and oxygen atoms in total. The Labute approximate surface area is 173 Å². The van der Waals surface area contributed by atoms with E-state index in [-0.39, 0.29) is 5.70 Å². The van der Waals surface area contributed by atoms with Crippen LogP contribution in [0.5, 0.6) is 0 Å². The summed E-state index contributed by atoms with van der Waals surface area (Å²) in [4.78, 5) is 37.2. The maximum atomic E-state index is 12.5. The van der Waals surface area contributed by atoms with Crippen molar-refractivity contribution in [1.29, 1.82) is 0 Å². The Kier molecular flexibility index (Phi) is 6.03. The van der Waals surface area contributed by atoms with E-state index >= 15 is 0 Å². The first-order chi connectivity index (χ1) is 13.1. The predicted molar refractivity (Wildman–Crippen MR) is 105 cm³/mol. The molecule has 0 bridgehead atoms. The summed E-state index contributed by atoms with van der Waals surface area (Å²) >= 11 is 4.08. The second-order valence-corrected chi connectivity index (χ2v) is 11.8. The number of nitrogens with zero attached hydrogens (tertiary/aromatic N) is 3. The summed E-state index contributed by atoms with van der Waals surface area (Å²) in [6, 6.07) is -0.936. The molecule has 2 atom stereocenters. The van der Waals surface area contributed by atoms with Crippen molar-refractivity contribution in [1.82, 2.24) is 20.4 Å². The van der Waals surface area contributed by atoms with E-state index in [9.17, 15) is 27.9 Å². The predicted octanol–water partition coefficient (Wildman–Crippen LogP) is -0.278. The molecule has 152 valence electrons. The van der Waals surface area contributed by atoms with Gasteiger partial charge in [0.25, 0.3) is 5.91 Å². The standard InChI is InChI=1S/C14H16N4O6S4/c1-6-16-17-14(27-6)26-4-7-3-25-12-9(15-8(19)5-28(2,23)24)11(20)18(12)10(7)13(21)22/h9,12H,3-5H2,1-2H3,(H,15,19)(H,21,22)/t9?,12-/m1/s1. The highest BCUT2D eigenvalue weighted by Gasteiger charge is 2.54.